The second-order valence-corrected chi connectivity index (χ2v) is 6.64. The number of hydrogen-bond donors (Lipinski definition) is 1. The van der Waals surface area contributed by atoms with E-state index in [1.165, 1.54) is 12.3 Å². The molecule has 1 atom stereocenters. The van der Waals surface area contributed by atoms with Gasteiger partial charge >= 0.3 is 0 Å². The highest BCUT2D eigenvalue weighted by atomic mass is 16.5. The summed E-state index contributed by atoms with van der Waals surface area (Å²) in [5, 5.41) is 5.96. The van der Waals surface area contributed by atoms with Crippen molar-refractivity contribution in [3.8, 4) is 5.75 Å². The molecule has 0 radical (unpaired) electrons. The maximum absolute atomic E-state index is 12.7. The van der Waals surface area contributed by atoms with Gasteiger partial charge < -0.3 is 14.4 Å². The third kappa shape index (κ3) is 4.45. The van der Waals surface area contributed by atoms with Crippen LogP contribution in [0.25, 0.3) is 0 Å². The Morgan fingerprint density at radius 2 is 2.16 bits per heavy atom. The lowest BCUT2D eigenvalue weighted by molar-refractivity contribution is -0.136. The lowest BCUT2D eigenvalue weighted by Gasteiger charge is -2.42. The largest absolute Gasteiger partial charge is 0.491 e. The first-order chi connectivity index (χ1) is 11.9. The minimum absolute atomic E-state index is 0.236. The highest BCUT2D eigenvalue weighted by molar-refractivity contribution is 5.93. The monoisotopic (exact) mass is 343 g/mol. The molecule has 0 bridgehead atoms. The van der Waals surface area contributed by atoms with Crippen LogP contribution in [0.4, 0.5) is 0 Å². The summed E-state index contributed by atoms with van der Waals surface area (Å²) in [6.45, 7) is 5.02. The number of para-hydroxylation sites is 1. The van der Waals surface area contributed by atoms with Gasteiger partial charge in [0.1, 0.15) is 18.5 Å². The van der Waals surface area contributed by atoms with Crippen LogP contribution in [0.3, 0.4) is 0 Å². The quantitative estimate of drug-likeness (QED) is 0.909. The third-order valence-electron chi connectivity index (χ3n) is 3.86. The van der Waals surface area contributed by atoms with Crippen LogP contribution >= 0.6 is 0 Å². The van der Waals surface area contributed by atoms with Crippen molar-refractivity contribution < 1.29 is 14.3 Å². The third-order valence-corrected chi connectivity index (χ3v) is 3.86. The van der Waals surface area contributed by atoms with Gasteiger partial charge in [-0.15, -0.1) is 0 Å². The van der Waals surface area contributed by atoms with E-state index in [2.05, 4.69) is 10.2 Å². The van der Waals surface area contributed by atoms with Gasteiger partial charge in [0.2, 0.25) is 0 Å². The minimum atomic E-state index is -0.507. The van der Waals surface area contributed by atoms with Crippen molar-refractivity contribution in [1.29, 1.82) is 0 Å². The zero-order chi connectivity index (χ0) is 17.9. The Morgan fingerprint density at radius 3 is 2.88 bits per heavy atom. The Balaban J connectivity index is 1.70. The summed E-state index contributed by atoms with van der Waals surface area (Å²) in [5.74, 6) is 0.519. The van der Waals surface area contributed by atoms with Gasteiger partial charge in [0.15, 0.2) is 0 Å². The van der Waals surface area contributed by atoms with E-state index in [1.54, 1.807) is 4.90 Å². The van der Waals surface area contributed by atoms with E-state index >= 15 is 0 Å². The highest BCUT2D eigenvalue weighted by Gasteiger charge is 2.36. The molecule has 0 spiro atoms. The average Bonchev–Trinajstić information content (AvgIpc) is 2.59. The molecule has 1 fully saturated rings. The lowest BCUT2D eigenvalue weighted by atomic mass is 10.0. The Kier molecular flexibility index (Phi) is 4.85. The number of carbonyl (C=O) groups is 1. The van der Waals surface area contributed by atoms with Gasteiger partial charge in [-0.1, -0.05) is 18.2 Å². The lowest BCUT2D eigenvalue weighted by Crippen LogP contribution is -2.56. The maximum Gasteiger partial charge on any atom is 0.264 e. The first-order valence-electron chi connectivity index (χ1n) is 8.13. The van der Waals surface area contributed by atoms with Crippen molar-refractivity contribution in [2.75, 3.05) is 19.7 Å². The first-order valence-corrected chi connectivity index (χ1v) is 8.13. The van der Waals surface area contributed by atoms with Gasteiger partial charge in [-0.05, 0) is 26.0 Å². The van der Waals surface area contributed by atoms with Crippen LogP contribution in [-0.4, -0.2) is 52.4 Å². The first kappa shape index (κ1) is 17.2. The molecule has 1 N–H and O–H groups in total. The molecule has 0 aliphatic carbocycles. The predicted octanol–water partition coefficient (Wildman–Crippen LogP) is 1.47. The minimum Gasteiger partial charge on any atom is -0.491 e. The molecule has 1 aromatic heterocycles. The second kappa shape index (κ2) is 7.06. The van der Waals surface area contributed by atoms with Crippen LogP contribution in [0.1, 0.15) is 24.2 Å². The SMILES string of the molecule is CC1(C)CN(C(=O)c2cn[nH]c(=O)c2)C[C@H](COc2ccccc2)O1. The van der Waals surface area contributed by atoms with Gasteiger partial charge in [-0.3, -0.25) is 9.59 Å². The Morgan fingerprint density at radius 1 is 1.40 bits per heavy atom. The van der Waals surface area contributed by atoms with E-state index < -0.39 is 11.2 Å². The molecule has 0 saturated carbocycles. The van der Waals surface area contributed by atoms with Crippen molar-refractivity contribution in [1.82, 2.24) is 15.1 Å². The van der Waals surface area contributed by atoms with Gasteiger partial charge in [-0.25, -0.2) is 5.10 Å². The number of nitrogens with one attached hydrogen (secondary N) is 1. The van der Waals surface area contributed by atoms with E-state index in [0.29, 0.717) is 19.7 Å². The van der Waals surface area contributed by atoms with E-state index in [-0.39, 0.29) is 17.6 Å². The smallest absolute Gasteiger partial charge is 0.264 e. The number of H-pyrrole nitrogens is 1. The number of benzene rings is 1. The fourth-order valence-electron chi connectivity index (χ4n) is 2.92. The number of ether oxygens (including phenoxy) is 2. The molecule has 1 aromatic carbocycles. The molecule has 1 amide bonds. The average molecular weight is 343 g/mol. The van der Waals surface area contributed by atoms with Crippen LogP contribution in [-0.2, 0) is 4.74 Å². The van der Waals surface area contributed by atoms with E-state index in [0.717, 1.165) is 5.75 Å². The van der Waals surface area contributed by atoms with Gasteiger partial charge in [0.25, 0.3) is 11.5 Å². The van der Waals surface area contributed by atoms with E-state index in [9.17, 15) is 9.59 Å². The Hall–Kier alpha value is -2.67. The Bertz CT molecular complexity index is 788. The molecule has 3 rings (SSSR count). The fraction of sp³-hybridized carbons (Fsp3) is 0.389. The van der Waals surface area contributed by atoms with Crippen molar-refractivity contribution in [2.45, 2.75) is 25.6 Å². The van der Waals surface area contributed by atoms with Crippen molar-refractivity contribution in [2.24, 2.45) is 0 Å². The molecule has 7 nitrogen and oxygen atoms in total. The zero-order valence-electron chi connectivity index (χ0n) is 14.3. The number of carbonyl (C=O) groups excluding carboxylic acids is 1. The normalized spacial score (nSPS) is 19.4. The molecule has 25 heavy (non-hydrogen) atoms. The van der Waals surface area contributed by atoms with Crippen LogP contribution < -0.4 is 10.3 Å². The summed E-state index contributed by atoms with van der Waals surface area (Å²) < 4.78 is 11.8. The molecule has 1 aliphatic heterocycles. The fourth-order valence-corrected chi connectivity index (χ4v) is 2.92. The van der Waals surface area contributed by atoms with Crippen molar-refractivity contribution >= 4 is 5.91 Å². The number of hydrogen-bond acceptors (Lipinski definition) is 5. The number of rotatable bonds is 4. The summed E-state index contributed by atoms with van der Waals surface area (Å²) >= 11 is 0. The molecular formula is C18H21N3O4. The summed E-state index contributed by atoms with van der Waals surface area (Å²) in [4.78, 5) is 25.8. The van der Waals surface area contributed by atoms with E-state index in [4.69, 9.17) is 9.47 Å². The van der Waals surface area contributed by atoms with Gasteiger partial charge in [-0.2, -0.15) is 5.10 Å². The molecule has 0 unspecified atom stereocenters. The summed E-state index contributed by atoms with van der Waals surface area (Å²) in [6.07, 6.45) is 1.10. The molecule has 2 aromatic rings. The molecule has 2 heterocycles. The maximum atomic E-state index is 12.7. The number of amides is 1. The van der Waals surface area contributed by atoms with Crippen molar-refractivity contribution in [3.05, 3.63) is 58.5 Å². The number of nitrogens with zero attached hydrogens (tertiary/aromatic N) is 2. The summed E-state index contributed by atoms with van der Waals surface area (Å²) in [5.41, 5.74) is -0.640. The molecular weight excluding hydrogens is 322 g/mol. The Labute approximate surface area is 145 Å². The number of morpholine rings is 1. The van der Waals surface area contributed by atoms with Crippen LogP contribution in [0.15, 0.2) is 47.4 Å². The van der Waals surface area contributed by atoms with Gasteiger partial charge in [0.05, 0.1) is 23.9 Å². The van der Waals surface area contributed by atoms with E-state index in [1.807, 2.05) is 44.2 Å². The molecule has 7 heteroatoms. The van der Waals surface area contributed by atoms with Gasteiger partial charge in [0, 0.05) is 12.6 Å². The van der Waals surface area contributed by atoms with Crippen LogP contribution in [0.2, 0.25) is 0 Å². The zero-order valence-corrected chi connectivity index (χ0v) is 14.3. The highest BCUT2D eigenvalue weighted by Crippen LogP contribution is 2.23. The standard InChI is InChI=1S/C18H21N3O4/c1-18(2)12-21(17(23)13-8-16(22)20-19-9-13)10-15(25-18)11-24-14-6-4-3-5-7-14/h3-9,15H,10-12H2,1-2H3,(H,20,22)/t15-/m1/s1. The number of aromatic amines is 1. The second-order valence-electron chi connectivity index (χ2n) is 6.64. The molecule has 1 aliphatic rings. The van der Waals surface area contributed by atoms with Crippen LogP contribution in [0.5, 0.6) is 5.75 Å². The molecule has 1 saturated heterocycles. The van der Waals surface area contributed by atoms with Crippen molar-refractivity contribution in [3.63, 3.8) is 0 Å². The number of aromatic nitrogens is 2. The van der Waals surface area contributed by atoms with Crippen LogP contribution in [0, 0.1) is 0 Å². The summed E-state index contributed by atoms with van der Waals surface area (Å²) in [6, 6.07) is 10.7. The predicted molar refractivity (Wildman–Crippen MR) is 91.7 cm³/mol. The summed E-state index contributed by atoms with van der Waals surface area (Å²) in [7, 11) is 0. The topological polar surface area (TPSA) is 84.5 Å². The molecule has 132 valence electrons.